The molecule has 1 N–H and O–H groups in total. The standard InChI is InChI=1S/C19H15ClF6N4O/c20-15-13(18(21,22)23)7-27-17(29-15)28-14-6-11-8-30(16(31)19(24,25)26)4-3-10(11)5-12(14)9-1-2-9/h5-7,9H,1-4,8H2,(H,27,28,29). The van der Waals surface area contributed by atoms with Gasteiger partial charge in [-0.05, 0) is 47.9 Å². The second-order valence-corrected chi connectivity index (χ2v) is 7.84. The minimum absolute atomic E-state index is 0.0418. The van der Waals surface area contributed by atoms with Crippen molar-refractivity contribution in [3.8, 4) is 0 Å². The number of amides is 1. The molecule has 0 unspecified atom stereocenters. The second-order valence-electron chi connectivity index (χ2n) is 7.48. The summed E-state index contributed by atoms with van der Waals surface area (Å²) in [5.41, 5.74) is 1.54. The lowest BCUT2D eigenvalue weighted by Gasteiger charge is -2.30. The van der Waals surface area contributed by atoms with Crippen LogP contribution >= 0.6 is 11.6 Å². The van der Waals surface area contributed by atoms with Gasteiger partial charge in [0.15, 0.2) is 0 Å². The average molecular weight is 465 g/mol. The summed E-state index contributed by atoms with van der Waals surface area (Å²) in [6, 6.07) is 3.48. The quantitative estimate of drug-likeness (QED) is 0.500. The van der Waals surface area contributed by atoms with Gasteiger partial charge in [-0.2, -0.15) is 26.3 Å². The Kier molecular flexibility index (Phi) is 5.27. The van der Waals surface area contributed by atoms with E-state index in [4.69, 9.17) is 11.6 Å². The third-order valence-corrected chi connectivity index (χ3v) is 5.51. The van der Waals surface area contributed by atoms with Crippen LogP contribution in [0.15, 0.2) is 18.3 Å². The zero-order chi connectivity index (χ0) is 22.6. The lowest BCUT2D eigenvalue weighted by atomic mass is 9.94. The molecule has 2 heterocycles. The molecule has 1 amide bonds. The van der Waals surface area contributed by atoms with Gasteiger partial charge in [0.05, 0.1) is 0 Å². The van der Waals surface area contributed by atoms with Crippen LogP contribution in [0.2, 0.25) is 5.15 Å². The van der Waals surface area contributed by atoms with Gasteiger partial charge in [-0.3, -0.25) is 4.79 Å². The molecule has 1 saturated carbocycles. The molecule has 0 bridgehead atoms. The highest BCUT2D eigenvalue weighted by atomic mass is 35.5. The van der Waals surface area contributed by atoms with Gasteiger partial charge in [-0.15, -0.1) is 0 Å². The number of aromatic nitrogens is 2. The van der Waals surface area contributed by atoms with Gasteiger partial charge in [0, 0.05) is 25.0 Å². The minimum Gasteiger partial charge on any atom is -0.330 e. The van der Waals surface area contributed by atoms with Crippen LogP contribution in [-0.4, -0.2) is 33.5 Å². The lowest BCUT2D eigenvalue weighted by Crippen LogP contribution is -2.43. The van der Waals surface area contributed by atoms with E-state index in [9.17, 15) is 31.1 Å². The van der Waals surface area contributed by atoms with Gasteiger partial charge < -0.3 is 10.2 Å². The predicted molar refractivity (Wildman–Crippen MR) is 98.9 cm³/mol. The van der Waals surface area contributed by atoms with Gasteiger partial charge in [-0.25, -0.2) is 9.97 Å². The van der Waals surface area contributed by atoms with Crippen molar-refractivity contribution in [2.45, 2.75) is 44.1 Å². The number of rotatable bonds is 3. The molecule has 1 aromatic heterocycles. The minimum atomic E-state index is -4.96. The van der Waals surface area contributed by atoms with Crippen LogP contribution in [0.4, 0.5) is 38.0 Å². The van der Waals surface area contributed by atoms with E-state index in [2.05, 4.69) is 15.3 Å². The Labute approximate surface area is 177 Å². The summed E-state index contributed by atoms with van der Waals surface area (Å²) in [5.74, 6) is -1.84. The average Bonchev–Trinajstić information content (AvgIpc) is 3.50. The van der Waals surface area contributed by atoms with E-state index >= 15 is 0 Å². The molecule has 2 aliphatic rings. The van der Waals surface area contributed by atoms with E-state index in [-0.39, 0.29) is 31.4 Å². The highest BCUT2D eigenvalue weighted by Gasteiger charge is 2.43. The fraction of sp³-hybridized carbons (Fsp3) is 0.421. The summed E-state index contributed by atoms with van der Waals surface area (Å²) < 4.78 is 77.0. The summed E-state index contributed by atoms with van der Waals surface area (Å²) in [5, 5.41) is 2.07. The van der Waals surface area contributed by atoms with Crippen molar-refractivity contribution < 1.29 is 31.1 Å². The highest BCUT2D eigenvalue weighted by Crippen LogP contribution is 2.45. The van der Waals surface area contributed by atoms with Gasteiger partial charge in [0.2, 0.25) is 5.95 Å². The number of hydrogen-bond donors (Lipinski definition) is 1. The van der Waals surface area contributed by atoms with E-state index < -0.39 is 29.0 Å². The number of halogens is 7. The van der Waals surface area contributed by atoms with Crippen LogP contribution in [0.5, 0.6) is 0 Å². The molecule has 0 spiro atoms. The normalized spacial score (nSPS) is 16.8. The van der Waals surface area contributed by atoms with Crippen LogP contribution in [0.25, 0.3) is 0 Å². The molecule has 1 aliphatic carbocycles. The fourth-order valence-corrected chi connectivity index (χ4v) is 3.79. The molecule has 1 aromatic carbocycles. The van der Waals surface area contributed by atoms with E-state index in [1.807, 2.05) is 6.07 Å². The zero-order valence-electron chi connectivity index (χ0n) is 15.7. The summed E-state index contributed by atoms with van der Waals surface area (Å²) in [7, 11) is 0. The number of hydrogen-bond acceptors (Lipinski definition) is 4. The Balaban J connectivity index is 1.64. The summed E-state index contributed by atoms with van der Waals surface area (Å²) in [6.45, 7) is -0.262. The van der Waals surface area contributed by atoms with Crippen molar-refractivity contribution >= 4 is 29.1 Å². The Morgan fingerprint density at radius 1 is 1.13 bits per heavy atom. The van der Waals surface area contributed by atoms with E-state index in [1.165, 1.54) is 0 Å². The SMILES string of the molecule is O=C(N1CCc2cc(C3CC3)c(Nc3ncc(C(F)(F)F)c(Cl)n3)cc2C1)C(F)(F)F. The van der Waals surface area contributed by atoms with Crippen molar-refractivity contribution in [1.82, 2.24) is 14.9 Å². The number of nitrogens with one attached hydrogen (secondary N) is 1. The van der Waals surface area contributed by atoms with Crippen LogP contribution in [-0.2, 0) is 23.9 Å². The topological polar surface area (TPSA) is 58.1 Å². The Morgan fingerprint density at radius 3 is 2.42 bits per heavy atom. The number of nitrogens with zero attached hydrogens (tertiary/aromatic N) is 3. The first-order valence-corrected chi connectivity index (χ1v) is 9.70. The maximum atomic E-state index is 12.9. The van der Waals surface area contributed by atoms with Crippen LogP contribution in [0.1, 0.15) is 41.0 Å². The Bertz CT molecular complexity index is 1040. The van der Waals surface area contributed by atoms with Crippen molar-refractivity contribution in [2.24, 2.45) is 0 Å². The number of alkyl halides is 6. The van der Waals surface area contributed by atoms with Crippen molar-refractivity contribution in [2.75, 3.05) is 11.9 Å². The van der Waals surface area contributed by atoms with Crippen molar-refractivity contribution in [3.63, 3.8) is 0 Å². The Morgan fingerprint density at radius 2 is 1.84 bits per heavy atom. The molecule has 31 heavy (non-hydrogen) atoms. The van der Waals surface area contributed by atoms with Crippen LogP contribution in [0.3, 0.4) is 0 Å². The molecule has 0 saturated heterocycles. The molecule has 0 atom stereocenters. The monoisotopic (exact) mass is 464 g/mol. The summed E-state index contributed by atoms with van der Waals surface area (Å²) in [4.78, 5) is 19.7. The maximum absolute atomic E-state index is 12.9. The van der Waals surface area contributed by atoms with Crippen LogP contribution in [0, 0.1) is 0 Å². The second kappa shape index (κ2) is 7.54. The smallest absolute Gasteiger partial charge is 0.330 e. The molecule has 4 rings (SSSR count). The molecule has 0 radical (unpaired) electrons. The maximum Gasteiger partial charge on any atom is 0.471 e. The molecule has 166 valence electrons. The van der Waals surface area contributed by atoms with Crippen LogP contribution < -0.4 is 5.32 Å². The molecule has 2 aromatic rings. The van der Waals surface area contributed by atoms with E-state index in [1.54, 1.807) is 6.07 Å². The third-order valence-electron chi connectivity index (χ3n) is 5.23. The number of anilines is 2. The number of benzene rings is 1. The largest absolute Gasteiger partial charge is 0.471 e. The molecular formula is C19H15ClF6N4O. The van der Waals surface area contributed by atoms with Gasteiger partial charge in [0.25, 0.3) is 0 Å². The first-order chi connectivity index (χ1) is 14.4. The highest BCUT2D eigenvalue weighted by molar-refractivity contribution is 6.30. The van der Waals surface area contributed by atoms with Crippen molar-refractivity contribution in [3.05, 3.63) is 45.7 Å². The predicted octanol–water partition coefficient (Wildman–Crippen LogP) is 5.22. The number of fused-ring (bicyclic) bond motifs is 1. The molecule has 1 aliphatic heterocycles. The first-order valence-electron chi connectivity index (χ1n) is 9.32. The van der Waals surface area contributed by atoms with E-state index in [0.717, 1.165) is 28.9 Å². The molecule has 12 heteroatoms. The summed E-state index contributed by atoms with van der Waals surface area (Å²) >= 11 is 5.65. The molecular weight excluding hydrogens is 450 g/mol. The molecule has 5 nitrogen and oxygen atoms in total. The van der Waals surface area contributed by atoms with Crippen molar-refractivity contribution in [1.29, 1.82) is 0 Å². The Hall–Kier alpha value is -2.56. The van der Waals surface area contributed by atoms with Gasteiger partial charge in [-0.1, -0.05) is 17.7 Å². The fourth-order valence-electron chi connectivity index (χ4n) is 3.55. The third kappa shape index (κ3) is 4.56. The van der Waals surface area contributed by atoms with Gasteiger partial charge in [0.1, 0.15) is 10.7 Å². The summed E-state index contributed by atoms with van der Waals surface area (Å²) in [6.07, 6.45) is -6.98. The number of carbonyl (C=O) groups excluding carboxylic acids is 1. The zero-order valence-corrected chi connectivity index (χ0v) is 16.5. The van der Waals surface area contributed by atoms with E-state index in [0.29, 0.717) is 17.4 Å². The van der Waals surface area contributed by atoms with Gasteiger partial charge >= 0.3 is 18.3 Å². The molecule has 1 fully saturated rings. The lowest BCUT2D eigenvalue weighted by molar-refractivity contribution is -0.186. The number of carbonyl (C=O) groups is 1. The first kappa shape index (κ1) is 21.7.